The highest BCUT2D eigenvalue weighted by molar-refractivity contribution is 6.05. The third-order valence-electron chi connectivity index (χ3n) is 4.25. The van der Waals surface area contributed by atoms with Crippen LogP contribution in [0.5, 0.6) is 0 Å². The summed E-state index contributed by atoms with van der Waals surface area (Å²) in [5.41, 5.74) is 6.42. The van der Waals surface area contributed by atoms with Crippen molar-refractivity contribution in [1.82, 2.24) is 15.5 Å². The molecule has 116 valence electrons. The van der Waals surface area contributed by atoms with Crippen molar-refractivity contribution in [3.63, 3.8) is 0 Å². The molecule has 1 heterocycles. The Morgan fingerprint density at radius 2 is 2.32 bits per heavy atom. The molecule has 1 aromatic carbocycles. The molecule has 0 radical (unpaired) electrons. The molecule has 0 saturated heterocycles. The Morgan fingerprint density at radius 1 is 1.50 bits per heavy atom. The molecule has 0 bridgehead atoms. The van der Waals surface area contributed by atoms with Crippen LogP contribution in [0.1, 0.15) is 29.8 Å². The molecule has 3 rings (SSSR count). The summed E-state index contributed by atoms with van der Waals surface area (Å²) >= 11 is 0. The number of nitrogens with one attached hydrogen (secondary N) is 2. The van der Waals surface area contributed by atoms with E-state index >= 15 is 0 Å². The fourth-order valence-corrected chi connectivity index (χ4v) is 3.03. The van der Waals surface area contributed by atoms with Crippen LogP contribution in [0.25, 0.3) is 10.9 Å². The number of carbonyl (C=O) groups excluding carboxylic acids is 1. The molecule has 0 spiro atoms. The number of hydrogen-bond donors (Lipinski definition) is 3. The molecule has 8 nitrogen and oxygen atoms in total. The van der Waals surface area contributed by atoms with Crippen molar-refractivity contribution in [1.29, 1.82) is 0 Å². The predicted molar refractivity (Wildman–Crippen MR) is 80.4 cm³/mol. The molecule has 1 fully saturated rings. The minimum Gasteiger partial charge on any atom is -0.348 e. The van der Waals surface area contributed by atoms with Crippen LogP contribution < -0.4 is 11.1 Å². The van der Waals surface area contributed by atoms with Gasteiger partial charge in [-0.25, -0.2) is 0 Å². The third kappa shape index (κ3) is 2.52. The molecule has 2 unspecified atom stereocenters. The zero-order valence-electron chi connectivity index (χ0n) is 11.9. The van der Waals surface area contributed by atoms with E-state index in [4.69, 9.17) is 5.73 Å². The quantitative estimate of drug-likeness (QED) is 0.580. The highest BCUT2D eigenvalue weighted by Gasteiger charge is 2.29. The van der Waals surface area contributed by atoms with Gasteiger partial charge in [0.2, 0.25) is 0 Å². The van der Waals surface area contributed by atoms with Crippen molar-refractivity contribution >= 4 is 22.5 Å². The summed E-state index contributed by atoms with van der Waals surface area (Å²) < 4.78 is 0. The maximum Gasteiger partial charge on any atom is 0.272 e. The fraction of sp³-hybridized carbons (Fsp3) is 0.429. The van der Waals surface area contributed by atoms with E-state index in [9.17, 15) is 14.9 Å². The number of nitro benzene ring substituents is 1. The van der Waals surface area contributed by atoms with Crippen LogP contribution in [-0.4, -0.2) is 33.6 Å². The highest BCUT2D eigenvalue weighted by atomic mass is 16.6. The van der Waals surface area contributed by atoms with E-state index in [2.05, 4.69) is 15.5 Å². The van der Waals surface area contributed by atoms with Gasteiger partial charge in [-0.2, -0.15) is 5.10 Å². The van der Waals surface area contributed by atoms with Gasteiger partial charge in [-0.1, -0.05) is 6.42 Å². The Bertz CT molecular complexity index is 726. The number of nitro groups is 1. The normalized spacial score (nSPS) is 21.1. The molecule has 1 amide bonds. The van der Waals surface area contributed by atoms with Gasteiger partial charge in [-0.3, -0.25) is 20.0 Å². The summed E-state index contributed by atoms with van der Waals surface area (Å²) in [5, 5.41) is 21.0. The van der Waals surface area contributed by atoms with Gasteiger partial charge in [0.25, 0.3) is 11.6 Å². The lowest BCUT2D eigenvalue weighted by Gasteiger charge is -2.18. The van der Waals surface area contributed by atoms with E-state index in [1.165, 1.54) is 12.1 Å². The lowest BCUT2D eigenvalue weighted by atomic mass is 10.0. The summed E-state index contributed by atoms with van der Waals surface area (Å²) in [7, 11) is 0. The largest absolute Gasteiger partial charge is 0.348 e. The van der Waals surface area contributed by atoms with E-state index in [1.807, 2.05) is 0 Å². The molecule has 2 atom stereocenters. The first kappa shape index (κ1) is 14.5. The standard InChI is InChI=1S/C14H17N5O3/c15-7-8-2-1-3-11(8)16-14(20)13-10-6-9(19(21)22)4-5-12(10)17-18-13/h4-6,8,11H,1-3,7,15H2,(H,16,20)(H,17,18). The molecule has 2 aromatic rings. The lowest BCUT2D eigenvalue weighted by molar-refractivity contribution is -0.384. The van der Waals surface area contributed by atoms with Gasteiger partial charge in [-0.05, 0) is 31.4 Å². The molecule has 8 heteroatoms. The number of hydrogen-bond acceptors (Lipinski definition) is 5. The maximum absolute atomic E-state index is 12.4. The van der Waals surface area contributed by atoms with Crippen molar-refractivity contribution in [2.45, 2.75) is 25.3 Å². The number of benzene rings is 1. The Morgan fingerprint density at radius 3 is 3.05 bits per heavy atom. The van der Waals surface area contributed by atoms with Crippen LogP contribution in [0.3, 0.4) is 0 Å². The Hall–Kier alpha value is -2.48. The summed E-state index contributed by atoms with van der Waals surface area (Å²) in [6.07, 6.45) is 2.95. The Balaban J connectivity index is 1.87. The molecule has 0 aliphatic heterocycles. The molecule has 22 heavy (non-hydrogen) atoms. The number of rotatable bonds is 4. The number of aromatic amines is 1. The number of nitrogens with two attached hydrogens (primary N) is 1. The van der Waals surface area contributed by atoms with Crippen molar-refractivity contribution in [2.75, 3.05) is 6.54 Å². The number of carbonyl (C=O) groups is 1. The van der Waals surface area contributed by atoms with Crippen LogP contribution >= 0.6 is 0 Å². The number of H-pyrrole nitrogens is 1. The summed E-state index contributed by atoms with van der Waals surface area (Å²) in [6.45, 7) is 0.539. The van der Waals surface area contributed by atoms with Crippen LogP contribution in [0.15, 0.2) is 18.2 Å². The highest BCUT2D eigenvalue weighted by Crippen LogP contribution is 2.26. The molecule has 1 aromatic heterocycles. The van der Waals surface area contributed by atoms with Crippen molar-refractivity contribution < 1.29 is 9.72 Å². The zero-order valence-corrected chi connectivity index (χ0v) is 11.9. The minimum absolute atomic E-state index is 0.0444. The molecule has 1 aliphatic rings. The van der Waals surface area contributed by atoms with Gasteiger partial charge < -0.3 is 11.1 Å². The topological polar surface area (TPSA) is 127 Å². The van der Waals surface area contributed by atoms with Crippen LogP contribution in [0.2, 0.25) is 0 Å². The average molecular weight is 303 g/mol. The van der Waals surface area contributed by atoms with Crippen LogP contribution in [0, 0.1) is 16.0 Å². The van der Waals surface area contributed by atoms with Gasteiger partial charge in [0.05, 0.1) is 10.4 Å². The van der Waals surface area contributed by atoms with Gasteiger partial charge >= 0.3 is 0 Å². The minimum atomic E-state index is -0.491. The van der Waals surface area contributed by atoms with Crippen molar-refractivity contribution in [3.05, 3.63) is 34.0 Å². The number of amides is 1. The van der Waals surface area contributed by atoms with Crippen molar-refractivity contribution in [2.24, 2.45) is 11.7 Å². The monoisotopic (exact) mass is 303 g/mol. The van der Waals surface area contributed by atoms with Gasteiger partial charge in [-0.15, -0.1) is 0 Å². The smallest absolute Gasteiger partial charge is 0.272 e. The lowest BCUT2D eigenvalue weighted by Crippen LogP contribution is -2.40. The summed E-state index contributed by atoms with van der Waals surface area (Å²) in [5.74, 6) is -0.0411. The first-order valence-corrected chi connectivity index (χ1v) is 7.23. The van der Waals surface area contributed by atoms with Gasteiger partial charge in [0.1, 0.15) is 0 Å². The van der Waals surface area contributed by atoms with E-state index in [-0.39, 0.29) is 29.2 Å². The van der Waals surface area contributed by atoms with E-state index < -0.39 is 4.92 Å². The van der Waals surface area contributed by atoms with E-state index in [0.29, 0.717) is 17.4 Å². The van der Waals surface area contributed by atoms with Crippen LogP contribution in [-0.2, 0) is 0 Å². The van der Waals surface area contributed by atoms with Gasteiger partial charge in [0, 0.05) is 23.6 Å². The third-order valence-corrected chi connectivity index (χ3v) is 4.25. The number of non-ortho nitro benzene ring substituents is 1. The zero-order chi connectivity index (χ0) is 15.7. The first-order chi connectivity index (χ1) is 10.6. The molecule has 1 aliphatic carbocycles. The van der Waals surface area contributed by atoms with E-state index in [1.54, 1.807) is 6.07 Å². The predicted octanol–water partition coefficient (Wildman–Crippen LogP) is 1.33. The molecular formula is C14H17N5O3. The van der Waals surface area contributed by atoms with E-state index in [0.717, 1.165) is 19.3 Å². The molecule has 4 N–H and O–H groups in total. The number of nitrogens with zero attached hydrogens (tertiary/aromatic N) is 2. The second kappa shape index (κ2) is 5.72. The Labute approximate surface area is 126 Å². The molecule has 1 saturated carbocycles. The second-order valence-electron chi connectivity index (χ2n) is 5.57. The maximum atomic E-state index is 12.4. The SMILES string of the molecule is NCC1CCCC1NC(=O)c1n[nH]c2ccc([N+](=O)[O-])cc12. The van der Waals surface area contributed by atoms with Gasteiger partial charge in [0.15, 0.2) is 5.69 Å². The molecular weight excluding hydrogens is 286 g/mol. The average Bonchev–Trinajstić information content (AvgIpc) is 3.12. The van der Waals surface area contributed by atoms with Crippen molar-refractivity contribution in [3.8, 4) is 0 Å². The Kier molecular flexibility index (Phi) is 3.76. The fourth-order valence-electron chi connectivity index (χ4n) is 3.03. The summed E-state index contributed by atoms with van der Waals surface area (Å²) in [4.78, 5) is 22.8. The number of aromatic nitrogens is 2. The van der Waals surface area contributed by atoms with Crippen LogP contribution in [0.4, 0.5) is 5.69 Å². The number of fused-ring (bicyclic) bond motifs is 1. The summed E-state index contributed by atoms with van der Waals surface area (Å²) in [6, 6.07) is 4.34. The second-order valence-corrected chi connectivity index (χ2v) is 5.57. The first-order valence-electron chi connectivity index (χ1n) is 7.23.